The maximum absolute atomic E-state index is 11.5. The van der Waals surface area contributed by atoms with Crippen LogP contribution in [0.5, 0.6) is 0 Å². The molecule has 0 saturated heterocycles. The van der Waals surface area contributed by atoms with Crippen LogP contribution in [0.25, 0.3) is 10.8 Å². The van der Waals surface area contributed by atoms with Crippen molar-refractivity contribution in [2.24, 2.45) is 5.73 Å². The van der Waals surface area contributed by atoms with Crippen molar-refractivity contribution in [3.8, 4) is 12.3 Å². The Kier molecular flexibility index (Phi) is 4.14. The van der Waals surface area contributed by atoms with Crippen LogP contribution in [-0.4, -0.2) is 16.8 Å². The summed E-state index contributed by atoms with van der Waals surface area (Å²) in [6, 6.07) is 13.8. The van der Waals surface area contributed by atoms with E-state index < -0.39 is 11.8 Å². The molecule has 3 rings (SSSR count). The molecule has 0 spiro atoms. The Morgan fingerprint density at radius 1 is 1.17 bits per heavy atom. The number of hydrogen-bond acceptors (Lipinski definition) is 5. The van der Waals surface area contributed by atoms with Crippen molar-refractivity contribution in [2.45, 2.75) is 0 Å². The Balaban J connectivity index is 1.91. The van der Waals surface area contributed by atoms with Crippen LogP contribution in [0.1, 0.15) is 10.5 Å². The molecular weight excluding hydrogens is 324 g/mol. The molecule has 2 aromatic carbocycles. The van der Waals surface area contributed by atoms with E-state index >= 15 is 0 Å². The molecule has 3 aromatic rings. The molecule has 0 aliphatic heterocycles. The van der Waals surface area contributed by atoms with Gasteiger partial charge in [-0.3, -0.25) is 9.59 Å². The lowest BCUT2D eigenvalue weighted by Crippen LogP contribution is -2.16. The lowest BCUT2D eigenvalue weighted by Gasteiger charge is -2.04. The van der Waals surface area contributed by atoms with Gasteiger partial charge < -0.3 is 16.4 Å². The summed E-state index contributed by atoms with van der Waals surface area (Å²) in [6.07, 6.45) is 5.02. The number of terminal acetylenes is 1. The smallest absolute Gasteiger partial charge is 0.300 e. The maximum Gasteiger partial charge on any atom is 0.300 e. The summed E-state index contributed by atoms with van der Waals surface area (Å²) in [6.45, 7) is 0. The zero-order valence-electron chi connectivity index (χ0n) is 12.4. The van der Waals surface area contributed by atoms with Gasteiger partial charge in [0.15, 0.2) is 10.8 Å². The molecule has 0 saturated carbocycles. The van der Waals surface area contributed by atoms with Crippen LogP contribution in [0.3, 0.4) is 0 Å². The van der Waals surface area contributed by atoms with E-state index in [1.165, 1.54) is 0 Å². The standard InChI is InChI=1S/C17H12N4O2S/c1-2-13(22)20-16-14(15(18)23)21-17(24-16)19-12-8-7-10-5-3-4-6-11(10)9-12/h1,3-9H,(H2,18,23)(H,19,21)(H,20,22). The zero-order valence-corrected chi connectivity index (χ0v) is 13.2. The van der Waals surface area contributed by atoms with Crippen LogP contribution in [0, 0.1) is 12.3 Å². The number of nitrogens with zero attached hydrogens (tertiary/aromatic N) is 1. The fourth-order valence-electron chi connectivity index (χ4n) is 2.16. The van der Waals surface area contributed by atoms with E-state index in [-0.39, 0.29) is 10.7 Å². The van der Waals surface area contributed by atoms with Gasteiger partial charge in [0, 0.05) is 5.69 Å². The van der Waals surface area contributed by atoms with Gasteiger partial charge >= 0.3 is 5.91 Å². The van der Waals surface area contributed by atoms with E-state index in [1.54, 1.807) is 0 Å². The third-order valence-electron chi connectivity index (χ3n) is 3.22. The van der Waals surface area contributed by atoms with Crippen molar-refractivity contribution < 1.29 is 9.59 Å². The molecule has 2 amide bonds. The van der Waals surface area contributed by atoms with Gasteiger partial charge in [-0.1, -0.05) is 41.7 Å². The molecular formula is C17H12N4O2S. The van der Waals surface area contributed by atoms with Crippen LogP contribution in [-0.2, 0) is 4.79 Å². The minimum absolute atomic E-state index is 0.0353. The number of aromatic nitrogens is 1. The second-order valence-corrected chi connectivity index (χ2v) is 5.85. The number of amides is 2. The van der Waals surface area contributed by atoms with Gasteiger partial charge in [0.1, 0.15) is 5.00 Å². The summed E-state index contributed by atoms with van der Waals surface area (Å²) < 4.78 is 0. The second-order valence-electron chi connectivity index (χ2n) is 4.85. The number of carbonyl (C=O) groups is 2. The van der Waals surface area contributed by atoms with E-state index in [9.17, 15) is 9.59 Å². The summed E-state index contributed by atoms with van der Waals surface area (Å²) in [4.78, 5) is 26.9. The number of primary amides is 1. The number of anilines is 3. The molecule has 0 fully saturated rings. The quantitative estimate of drug-likeness (QED) is 0.638. The van der Waals surface area contributed by atoms with Crippen molar-refractivity contribution in [3.05, 3.63) is 48.2 Å². The summed E-state index contributed by atoms with van der Waals surface area (Å²) in [5, 5.41) is 8.33. The molecule has 118 valence electrons. The van der Waals surface area contributed by atoms with Gasteiger partial charge in [-0.25, -0.2) is 4.98 Å². The first-order valence-corrected chi connectivity index (χ1v) is 7.72. The Hall–Kier alpha value is -3.37. The Bertz CT molecular complexity index is 988. The molecule has 1 heterocycles. The second kappa shape index (κ2) is 6.40. The molecule has 4 N–H and O–H groups in total. The number of fused-ring (bicyclic) bond motifs is 1. The summed E-state index contributed by atoms with van der Waals surface area (Å²) in [7, 11) is 0. The number of hydrogen-bond donors (Lipinski definition) is 3. The predicted molar refractivity (Wildman–Crippen MR) is 95.3 cm³/mol. The van der Waals surface area contributed by atoms with E-state index in [4.69, 9.17) is 12.2 Å². The SMILES string of the molecule is C#CC(=O)Nc1sc(Nc2ccc3ccccc3c2)nc1C(N)=O. The third-order valence-corrected chi connectivity index (χ3v) is 4.11. The van der Waals surface area contributed by atoms with Crippen molar-refractivity contribution in [1.82, 2.24) is 4.98 Å². The fourth-order valence-corrected chi connectivity index (χ4v) is 3.04. The minimum Gasteiger partial charge on any atom is -0.364 e. The molecule has 24 heavy (non-hydrogen) atoms. The van der Waals surface area contributed by atoms with Gasteiger partial charge in [-0.2, -0.15) is 0 Å². The highest BCUT2D eigenvalue weighted by molar-refractivity contribution is 7.20. The highest BCUT2D eigenvalue weighted by atomic mass is 32.1. The first-order valence-electron chi connectivity index (χ1n) is 6.91. The Morgan fingerprint density at radius 2 is 1.92 bits per heavy atom. The molecule has 0 atom stereocenters. The van der Waals surface area contributed by atoms with Gasteiger partial charge in [0.2, 0.25) is 0 Å². The van der Waals surface area contributed by atoms with Gasteiger partial charge in [0.25, 0.3) is 5.91 Å². The lowest BCUT2D eigenvalue weighted by molar-refractivity contribution is -0.111. The molecule has 0 radical (unpaired) electrons. The maximum atomic E-state index is 11.5. The number of nitrogens with two attached hydrogens (primary N) is 1. The topological polar surface area (TPSA) is 97.1 Å². The normalized spacial score (nSPS) is 10.1. The van der Waals surface area contributed by atoms with E-state index in [2.05, 4.69) is 15.6 Å². The molecule has 0 bridgehead atoms. The summed E-state index contributed by atoms with van der Waals surface area (Å²) in [5.41, 5.74) is 6.05. The fraction of sp³-hybridized carbons (Fsp3) is 0. The summed E-state index contributed by atoms with van der Waals surface area (Å²) in [5.74, 6) is 0.502. The van der Waals surface area contributed by atoms with Gasteiger partial charge in [-0.05, 0) is 28.8 Å². The Morgan fingerprint density at radius 3 is 2.62 bits per heavy atom. The lowest BCUT2D eigenvalue weighted by atomic mass is 10.1. The van der Waals surface area contributed by atoms with Crippen LogP contribution >= 0.6 is 11.3 Å². The molecule has 0 aliphatic carbocycles. The monoisotopic (exact) mass is 336 g/mol. The van der Waals surface area contributed by atoms with Crippen LogP contribution in [0.15, 0.2) is 42.5 Å². The zero-order chi connectivity index (χ0) is 17.1. The molecule has 1 aromatic heterocycles. The van der Waals surface area contributed by atoms with Gasteiger partial charge in [0.05, 0.1) is 0 Å². The number of thiazole rings is 1. The van der Waals surface area contributed by atoms with Crippen LogP contribution in [0.4, 0.5) is 15.8 Å². The highest BCUT2D eigenvalue weighted by Gasteiger charge is 2.17. The average molecular weight is 336 g/mol. The van der Waals surface area contributed by atoms with E-state index in [1.807, 2.05) is 48.4 Å². The van der Waals surface area contributed by atoms with Crippen molar-refractivity contribution in [2.75, 3.05) is 10.6 Å². The first kappa shape index (κ1) is 15.5. The number of nitrogens with one attached hydrogen (secondary N) is 2. The molecule has 6 nitrogen and oxygen atoms in total. The van der Waals surface area contributed by atoms with Gasteiger partial charge in [-0.15, -0.1) is 6.42 Å². The van der Waals surface area contributed by atoms with Crippen molar-refractivity contribution >= 4 is 49.7 Å². The van der Waals surface area contributed by atoms with Crippen molar-refractivity contribution in [1.29, 1.82) is 0 Å². The van der Waals surface area contributed by atoms with E-state index in [0.29, 0.717) is 5.13 Å². The average Bonchev–Trinajstić information content (AvgIpc) is 2.97. The van der Waals surface area contributed by atoms with E-state index in [0.717, 1.165) is 27.8 Å². The molecule has 0 aliphatic rings. The number of rotatable bonds is 4. The molecule has 7 heteroatoms. The third kappa shape index (κ3) is 3.19. The number of carbonyl (C=O) groups excluding carboxylic acids is 2. The highest BCUT2D eigenvalue weighted by Crippen LogP contribution is 2.31. The largest absolute Gasteiger partial charge is 0.364 e. The van der Waals surface area contributed by atoms with Crippen LogP contribution in [0.2, 0.25) is 0 Å². The van der Waals surface area contributed by atoms with Crippen molar-refractivity contribution in [3.63, 3.8) is 0 Å². The molecule has 0 unspecified atom stereocenters. The predicted octanol–water partition coefficient (Wildman–Crippen LogP) is 2.71. The number of benzene rings is 2. The van der Waals surface area contributed by atoms with Crippen LogP contribution < -0.4 is 16.4 Å². The minimum atomic E-state index is -0.745. The summed E-state index contributed by atoms with van der Waals surface area (Å²) >= 11 is 1.08. The Labute approximate surface area is 141 Å². The first-order chi connectivity index (χ1) is 11.6.